The first-order valence-corrected chi connectivity index (χ1v) is 16.0. The molecule has 4 aromatic rings. The van der Waals surface area contributed by atoms with Crippen LogP contribution in [0.4, 0.5) is 0 Å². The van der Waals surface area contributed by atoms with Crippen LogP contribution in [0.25, 0.3) is 11.1 Å². The summed E-state index contributed by atoms with van der Waals surface area (Å²) in [5.74, 6) is 0. The molecule has 0 saturated carbocycles. The zero-order valence-corrected chi connectivity index (χ0v) is 25.0. The molecule has 0 spiro atoms. The summed E-state index contributed by atoms with van der Waals surface area (Å²) >= 11 is 10.0. The third-order valence-corrected chi connectivity index (χ3v) is 14.8. The Morgan fingerprint density at radius 3 is 1.89 bits per heavy atom. The fourth-order valence-corrected chi connectivity index (χ4v) is 13.3. The van der Waals surface area contributed by atoms with Gasteiger partial charge in [0, 0.05) is 0 Å². The normalized spacial score (nSPS) is 12.7. The van der Waals surface area contributed by atoms with Crippen LogP contribution in [0.5, 0.6) is 0 Å². The van der Waals surface area contributed by atoms with Gasteiger partial charge in [0.25, 0.3) is 0 Å². The molecule has 0 fully saturated rings. The van der Waals surface area contributed by atoms with Gasteiger partial charge in [0.1, 0.15) is 0 Å². The van der Waals surface area contributed by atoms with Gasteiger partial charge in [-0.1, -0.05) is 0 Å². The SMILES string of the molecule is Cl.Cl.Clc1ccc([C](c2ccc(Cl)cc2)=[Zr]([C]2=CC=CC2)[c]2cccc3c2Cc2ccccc2-3)cc1. The third kappa shape index (κ3) is 5.15. The third-order valence-electron chi connectivity index (χ3n) is 6.73. The summed E-state index contributed by atoms with van der Waals surface area (Å²) in [5.41, 5.74) is 8.28. The summed E-state index contributed by atoms with van der Waals surface area (Å²) in [6.45, 7) is 0. The molecule has 6 rings (SSSR count). The Hall–Kier alpha value is -1.73. The summed E-state index contributed by atoms with van der Waals surface area (Å²) in [6, 6.07) is 32.6. The molecule has 0 aliphatic heterocycles. The van der Waals surface area contributed by atoms with Crippen molar-refractivity contribution in [2.45, 2.75) is 12.8 Å². The van der Waals surface area contributed by atoms with E-state index in [1.54, 1.807) is 6.55 Å². The van der Waals surface area contributed by atoms with E-state index in [0.29, 0.717) is 0 Å². The van der Waals surface area contributed by atoms with Gasteiger partial charge in [-0.05, 0) is 0 Å². The molecule has 0 heterocycles. The summed E-state index contributed by atoms with van der Waals surface area (Å²) in [4.78, 5) is 0. The second kappa shape index (κ2) is 11.8. The van der Waals surface area contributed by atoms with Crippen LogP contribution in [0, 0.1) is 0 Å². The summed E-state index contributed by atoms with van der Waals surface area (Å²) in [5, 5.41) is 1.53. The standard InChI is InChI=1S/C13H8Cl2.C13H9.C5H5.2ClH.Zr/c14-12-5-1-10(2-6-12)9-11-3-7-13(15)8-4-11;1-3-7-12-10(5-1)9-11-6-2-4-8-13(11)12;1-2-4-5-3-1;;;/h1-8H;1-5,7-8H,9H2;1-3H,4H2;2*1H;. The summed E-state index contributed by atoms with van der Waals surface area (Å²) < 4.78 is 4.66. The van der Waals surface area contributed by atoms with E-state index in [1.165, 1.54) is 36.6 Å². The Balaban J connectivity index is 0.00000152. The van der Waals surface area contributed by atoms with Crippen molar-refractivity contribution >= 4 is 54.5 Å². The number of halogens is 4. The fourth-order valence-electron chi connectivity index (χ4n) is 5.18. The predicted octanol–water partition coefficient (Wildman–Crippen LogP) is 8.76. The van der Waals surface area contributed by atoms with Crippen molar-refractivity contribution in [1.29, 1.82) is 0 Å². The average molecular weight is 630 g/mol. The van der Waals surface area contributed by atoms with Gasteiger partial charge in [-0.25, -0.2) is 0 Å². The van der Waals surface area contributed by atoms with Gasteiger partial charge in [0.15, 0.2) is 0 Å². The van der Waals surface area contributed by atoms with E-state index < -0.39 is 21.3 Å². The number of rotatable bonds is 4. The van der Waals surface area contributed by atoms with E-state index >= 15 is 0 Å². The van der Waals surface area contributed by atoms with E-state index in [4.69, 9.17) is 23.2 Å². The van der Waals surface area contributed by atoms with Gasteiger partial charge in [0.05, 0.1) is 0 Å². The average Bonchev–Trinajstić information content (AvgIpc) is 3.52. The van der Waals surface area contributed by atoms with Crippen LogP contribution >= 0.6 is 48.0 Å². The Kier molecular flexibility index (Phi) is 8.93. The zero-order valence-electron chi connectivity index (χ0n) is 19.4. The first-order chi connectivity index (χ1) is 16.7. The van der Waals surface area contributed by atoms with Gasteiger partial charge >= 0.3 is 220 Å². The van der Waals surface area contributed by atoms with Gasteiger partial charge in [0.2, 0.25) is 0 Å². The van der Waals surface area contributed by atoms with Gasteiger partial charge in [-0.15, -0.1) is 24.8 Å². The molecule has 180 valence electrons. The van der Waals surface area contributed by atoms with Crippen LogP contribution in [-0.2, 0) is 27.7 Å². The van der Waals surface area contributed by atoms with Gasteiger partial charge < -0.3 is 0 Å². The number of hydrogen-bond acceptors (Lipinski definition) is 0. The van der Waals surface area contributed by atoms with Crippen molar-refractivity contribution in [3.8, 4) is 11.1 Å². The number of benzene rings is 4. The molecular formula is C31H24Cl4Zr. The maximum atomic E-state index is 6.30. The molecule has 0 saturated heterocycles. The maximum absolute atomic E-state index is 6.30. The monoisotopic (exact) mass is 626 g/mol. The summed E-state index contributed by atoms with van der Waals surface area (Å²) in [6.07, 6.45) is 8.96. The molecule has 36 heavy (non-hydrogen) atoms. The minimum atomic E-state index is -2.59. The molecule has 0 N–H and O–H groups in total. The molecule has 5 heteroatoms. The first-order valence-electron chi connectivity index (χ1n) is 11.5. The minimum absolute atomic E-state index is 0. The van der Waals surface area contributed by atoms with Gasteiger partial charge in [-0.3, -0.25) is 0 Å². The van der Waals surface area contributed by atoms with Crippen molar-refractivity contribution in [3.63, 3.8) is 0 Å². The van der Waals surface area contributed by atoms with Crippen molar-refractivity contribution in [3.05, 3.63) is 145 Å². The Labute approximate surface area is 242 Å². The molecule has 0 aromatic heterocycles. The number of fused-ring (bicyclic) bond motifs is 3. The molecule has 0 atom stereocenters. The Morgan fingerprint density at radius 2 is 1.28 bits per heavy atom. The van der Waals surface area contributed by atoms with Gasteiger partial charge in [-0.2, -0.15) is 0 Å². The first kappa shape index (κ1) is 27.3. The van der Waals surface area contributed by atoms with Crippen LogP contribution in [0.1, 0.15) is 28.7 Å². The molecule has 0 radical (unpaired) electrons. The van der Waals surface area contributed by atoms with Crippen LogP contribution < -0.4 is 3.27 Å². The molecular weight excluding hydrogens is 605 g/mol. The summed E-state index contributed by atoms with van der Waals surface area (Å²) in [7, 11) is 0. The molecule has 4 aromatic carbocycles. The van der Waals surface area contributed by atoms with Crippen LogP contribution in [-0.4, -0.2) is 3.21 Å². The zero-order chi connectivity index (χ0) is 23.1. The van der Waals surface area contributed by atoms with E-state index in [0.717, 1.165) is 22.9 Å². The Bertz CT molecular complexity index is 1450. The van der Waals surface area contributed by atoms with E-state index in [2.05, 4.69) is 85.0 Å². The van der Waals surface area contributed by atoms with Crippen LogP contribution in [0.3, 0.4) is 0 Å². The molecule has 2 aliphatic carbocycles. The molecule has 0 bridgehead atoms. The second-order valence-corrected chi connectivity index (χ2v) is 15.6. The fraction of sp³-hybridized carbons (Fsp3) is 0.0645. The van der Waals surface area contributed by atoms with Crippen molar-refractivity contribution < 1.29 is 21.3 Å². The van der Waals surface area contributed by atoms with E-state index in [9.17, 15) is 0 Å². The molecule has 0 nitrogen and oxygen atoms in total. The molecule has 0 amide bonds. The number of allylic oxidation sites excluding steroid dienone is 4. The van der Waals surface area contributed by atoms with Crippen molar-refractivity contribution in [2.24, 2.45) is 0 Å². The van der Waals surface area contributed by atoms with Crippen LogP contribution in [0.2, 0.25) is 10.0 Å². The second-order valence-electron chi connectivity index (χ2n) is 8.75. The topological polar surface area (TPSA) is 0 Å². The van der Waals surface area contributed by atoms with Crippen molar-refractivity contribution in [2.75, 3.05) is 0 Å². The van der Waals surface area contributed by atoms with Crippen molar-refractivity contribution in [1.82, 2.24) is 0 Å². The molecule has 2 aliphatic rings. The predicted molar refractivity (Wildman–Crippen MR) is 157 cm³/mol. The van der Waals surface area contributed by atoms with E-state index in [1.807, 2.05) is 24.3 Å². The quantitative estimate of drug-likeness (QED) is 0.187. The van der Waals surface area contributed by atoms with Crippen LogP contribution in [0.15, 0.2) is 113 Å². The number of hydrogen-bond donors (Lipinski definition) is 0. The van der Waals surface area contributed by atoms with E-state index in [-0.39, 0.29) is 24.8 Å². The molecule has 0 unspecified atom stereocenters. The Morgan fingerprint density at radius 1 is 0.667 bits per heavy atom.